The number of nitrogens with zero attached hydrogens (tertiary/aromatic N) is 2. The lowest BCUT2D eigenvalue weighted by Crippen LogP contribution is -2.67. The monoisotopic (exact) mass is 283 g/mol. The van der Waals surface area contributed by atoms with Gasteiger partial charge in [-0.3, -0.25) is 9.69 Å². The van der Waals surface area contributed by atoms with Gasteiger partial charge in [0.2, 0.25) is 5.91 Å². The van der Waals surface area contributed by atoms with Gasteiger partial charge in [-0.15, -0.1) is 0 Å². The molecule has 2 rings (SSSR count). The Morgan fingerprint density at radius 1 is 1.25 bits per heavy atom. The third kappa shape index (κ3) is 2.90. The smallest absolute Gasteiger partial charge is 0.410 e. The fraction of sp³-hybridized carbons (Fsp3) is 0.857. The number of rotatable bonds is 0. The van der Waals surface area contributed by atoms with Crippen LogP contribution in [0.2, 0.25) is 0 Å². The largest absolute Gasteiger partial charge is 0.444 e. The average molecular weight is 283 g/mol. The lowest BCUT2D eigenvalue weighted by molar-refractivity contribution is -0.139. The summed E-state index contributed by atoms with van der Waals surface area (Å²) >= 11 is 0. The molecule has 1 N–H and O–H groups in total. The number of hydrogen-bond acceptors (Lipinski definition) is 4. The van der Waals surface area contributed by atoms with E-state index in [1.54, 1.807) is 4.90 Å². The second-order valence-corrected chi connectivity index (χ2v) is 6.68. The van der Waals surface area contributed by atoms with Crippen molar-refractivity contribution in [2.45, 2.75) is 44.8 Å². The number of carbonyl (C=O) groups excluding carboxylic acids is 2. The molecule has 114 valence electrons. The molecule has 2 aliphatic heterocycles. The SMILES string of the molecule is CN1CCNC(=O)C12CCN(C(=O)OC(C)(C)C)CC2. The summed E-state index contributed by atoms with van der Waals surface area (Å²) in [5.41, 5.74) is -0.929. The molecule has 0 atom stereocenters. The lowest BCUT2D eigenvalue weighted by Gasteiger charge is -2.48. The third-order valence-corrected chi connectivity index (χ3v) is 4.13. The molecule has 0 saturated carbocycles. The first-order valence-corrected chi connectivity index (χ1v) is 7.22. The van der Waals surface area contributed by atoms with Crippen molar-refractivity contribution in [2.24, 2.45) is 0 Å². The molecule has 2 fully saturated rings. The summed E-state index contributed by atoms with van der Waals surface area (Å²) in [6, 6.07) is 0. The summed E-state index contributed by atoms with van der Waals surface area (Å²) in [6.45, 7) is 8.26. The van der Waals surface area contributed by atoms with Crippen LogP contribution in [0.15, 0.2) is 0 Å². The molecule has 0 aromatic carbocycles. The highest BCUT2D eigenvalue weighted by Crippen LogP contribution is 2.30. The summed E-state index contributed by atoms with van der Waals surface area (Å²) in [7, 11) is 1.99. The van der Waals surface area contributed by atoms with Crippen molar-refractivity contribution in [3.8, 4) is 0 Å². The van der Waals surface area contributed by atoms with Crippen molar-refractivity contribution in [3.05, 3.63) is 0 Å². The van der Waals surface area contributed by atoms with Gasteiger partial charge in [0.25, 0.3) is 0 Å². The van der Waals surface area contributed by atoms with Crippen molar-refractivity contribution >= 4 is 12.0 Å². The van der Waals surface area contributed by atoms with Gasteiger partial charge in [-0.2, -0.15) is 0 Å². The molecule has 0 bridgehead atoms. The molecule has 0 aliphatic carbocycles. The maximum Gasteiger partial charge on any atom is 0.410 e. The number of ether oxygens (including phenoxy) is 1. The van der Waals surface area contributed by atoms with Crippen LogP contribution in [0.3, 0.4) is 0 Å². The second kappa shape index (κ2) is 5.24. The lowest BCUT2D eigenvalue weighted by atomic mass is 9.83. The van der Waals surface area contributed by atoms with Gasteiger partial charge in [0, 0.05) is 26.2 Å². The van der Waals surface area contributed by atoms with Crippen LogP contribution in [0.4, 0.5) is 4.79 Å². The van der Waals surface area contributed by atoms with Crippen LogP contribution in [0.1, 0.15) is 33.6 Å². The molecule has 20 heavy (non-hydrogen) atoms. The van der Waals surface area contributed by atoms with Crippen molar-refractivity contribution < 1.29 is 14.3 Å². The predicted octanol–water partition coefficient (Wildman–Crippen LogP) is 0.818. The standard InChI is InChI=1S/C14H25N3O3/c1-13(2,3)20-12(19)17-8-5-14(6-9-17)11(18)15-7-10-16(14)4/h5-10H2,1-4H3,(H,15,18). The first-order chi connectivity index (χ1) is 9.24. The average Bonchev–Trinajstić information content (AvgIpc) is 2.35. The van der Waals surface area contributed by atoms with Crippen molar-refractivity contribution in [1.82, 2.24) is 15.1 Å². The number of carbonyl (C=O) groups is 2. The fourth-order valence-corrected chi connectivity index (χ4v) is 2.88. The number of likely N-dealkylation sites (tertiary alicyclic amines) is 1. The van der Waals surface area contributed by atoms with Crippen LogP contribution < -0.4 is 5.32 Å². The number of amides is 2. The van der Waals surface area contributed by atoms with Gasteiger partial charge in [0.15, 0.2) is 0 Å². The van der Waals surface area contributed by atoms with Crippen molar-refractivity contribution in [1.29, 1.82) is 0 Å². The van der Waals surface area contributed by atoms with E-state index in [1.807, 2.05) is 27.8 Å². The number of piperazine rings is 1. The highest BCUT2D eigenvalue weighted by molar-refractivity contribution is 5.87. The van der Waals surface area contributed by atoms with Gasteiger partial charge in [0.05, 0.1) is 0 Å². The predicted molar refractivity (Wildman–Crippen MR) is 75.4 cm³/mol. The molecule has 0 unspecified atom stereocenters. The molecule has 2 amide bonds. The number of likely N-dealkylation sites (N-methyl/N-ethyl adjacent to an activating group) is 1. The Hall–Kier alpha value is -1.30. The molecule has 1 spiro atoms. The topological polar surface area (TPSA) is 61.9 Å². The Morgan fingerprint density at radius 2 is 1.85 bits per heavy atom. The molecule has 6 nitrogen and oxygen atoms in total. The van der Waals surface area contributed by atoms with Gasteiger partial charge in [-0.1, -0.05) is 0 Å². The minimum absolute atomic E-state index is 0.0927. The zero-order valence-corrected chi connectivity index (χ0v) is 12.9. The number of hydrogen-bond donors (Lipinski definition) is 1. The first-order valence-electron chi connectivity index (χ1n) is 7.22. The molecule has 2 heterocycles. The highest BCUT2D eigenvalue weighted by Gasteiger charge is 2.47. The van der Waals surface area contributed by atoms with Crippen LogP contribution in [0.25, 0.3) is 0 Å². The molecular formula is C14H25N3O3. The van der Waals surface area contributed by atoms with E-state index in [0.717, 1.165) is 6.54 Å². The second-order valence-electron chi connectivity index (χ2n) is 6.68. The van der Waals surface area contributed by atoms with E-state index in [1.165, 1.54) is 0 Å². The molecular weight excluding hydrogens is 258 g/mol. The minimum atomic E-state index is -0.481. The zero-order valence-electron chi connectivity index (χ0n) is 12.9. The van der Waals surface area contributed by atoms with Crippen LogP contribution in [-0.2, 0) is 9.53 Å². The van der Waals surface area contributed by atoms with Gasteiger partial charge in [-0.25, -0.2) is 4.79 Å². The van der Waals surface area contributed by atoms with Crippen LogP contribution in [0, 0.1) is 0 Å². The summed E-state index contributed by atoms with van der Waals surface area (Å²) in [4.78, 5) is 28.1. The zero-order chi connectivity index (χ0) is 15.0. The highest BCUT2D eigenvalue weighted by atomic mass is 16.6. The van der Waals surface area contributed by atoms with Gasteiger partial charge < -0.3 is 15.0 Å². The first kappa shape index (κ1) is 15.1. The van der Waals surface area contributed by atoms with Gasteiger partial charge >= 0.3 is 6.09 Å². The summed E-state index contributed by atoms with van der Waals surface area (Å²) in [5.74, 6) is 0.0927. The minimum Gasteiger partial charge on any atom is -0.444 e. The Kier molecular flexibility index (Phi) is 3.95. The van der Waals surface area contributed by atoms with Gasteiger partial charge in [0.1, 0.15) is 11.1 Å². The van der Waals surface area contributed by atoms with Crippen LogP contribution in [-0.4, -0.2) is 66.2 Å². The Labute approximate surface area is 120 Å². The summed E-state index contributed by atoms with van der Waals surface area (Å²) in [6.07, 6.45) is 1.04. The quantitative estimate of drug-likeness (QED) is 0.715. The van der Waals surface area contributed by atoms with E-state index in [9.17, 15) is 9.59 Å². The molecule has 0 radical (unpaired) electrons. The fourth-order valence-electron chi connectivity index (χ4n) is 2.88. The Bertz CT molecular complexity index is 395. The van der Waals surface area contributed by atoms with E-state index >= 15 is 0 Å². The number of nitrogens with one attached hydrogen (secondary N) is 1. The van der Waals surface area contributed by atoms with E-state index in [4.69, 9.17) is 4.74 Å². The van der Waals surface area contributed by atoms with E-state index in [0.29, 0.717) is 32.5 Å². The Balaban J connectivity index is 1.98. The van der Waals surface area contributed by atoms with E-state index in [2.05, 4.69) is 10.2 Å². The van der Waals surface area contributed by atoms with Crippen molar-refractivity contribution in [3.63, 3.8) is 0 Å². The number of piperidine rings is 1. The molecule has 2 saturated heterocycles. The molecule has 6 heteroatoms. The normalized spacial score (nSPS) is 23.6. The maximum atomic E-state index is 12.2. The van der Waals surface area contributed by atoms with E-state index in [-0.39, 0.29) is 12.0 Å². The Morgan fingerprint density at radius 3 is 2.35 bits per heavy atom. The third-order valence-electron chi connectivity index (χ3n) is 4.13. The van der Waals surface area contributed by atoms with Gasteiger partial charge in [-0.05, 0) is 40.7 Å². The molecule has 0 aromatic heterocycles. The molecule has 2 aliphatic rings. The van der Waals surface area contributed by atoms with Crippen LogP contribution >= 0.6 is 0 Å². The maximum absolute atomic E-state index is 12.2. The van der Waals surface area contributed by atoms with E-state index < -0.39 is 11.1 Å². The molecule has 0 aromatic rings. The van der Waals surface area contributed by atoms with Crippen molar-refractivity contribution in [2.75, 3.05) is 33.2 Å². The summed E-state index contributed by atoms with van der Waals surface area (Å²) in [5, 5.41) is 2.94. The van der Waals surface area contributed by atoms with Crippen LogP contribution in [0.5, 0.6) is 0 Å². The summed E-state index contributed by atoms with van der Waals surface area (Å²) < 4.78 is 5.38.